The van der Waals surface area contributed by atoms with E-state index in [0.717, 1.165) is 35.5 Å². The van der Waals surface area contributed by atoms with Gasteiger partial charge >= 0.3 is 0 Å². The van der Waals surface area contributed by atoms with Crippen molar-refractivity contribution in [2.24, 2.45) is 0 Å². The minimum atomic E-state index is 0.0926. The fourth-order valence-corrected chi connectivity index (χ4v) is 4.00. The zero-order chi connectivity index (χ0) is 16.4. The Kier molecular flexibility index (Phi) is 4.13. The second kappa shape index (κ2) is 6.57. The van der Waals surface area contributed by atoms with Crippen LogP contribution in [0.3, 0.4) is 0 Å². The summed E-state index contributed by atoms with van der Waals surface area (Å²) in [6, 6.07) is 9.86. The fraction of sp³-hybridized carbons (Fsp3) is 0.278. The third-order valence-electron chi connectivity index (χ3n) is 4.33. The number of carbonyl (C=O) groups is 1. The molecule has 24 heavy (non-hydrogen) atoms. The molecule has 0 saturated carbocycles. The molecule has 1 aliphatic heterocycles. The van der Waals surface area contributed by atoms with Crippen LogP contribution >= 0.6 is 11.3 Å². The summed E-state index contributed by atoms with van der Waals surface area (Å²) in [5.41, 5.74) is 1.82. The van der Waals surface area contributed by atoms with Gasteiger partial charge in [0.15, 0.2) is 0 Å². The molecule has 5 nitrogen and oxygen atoms in total. The smallest absolute Gasteiger partial charge is 0.254 e. The van der Waals surface area contributed by atoms with Gasteiger partial charge in [-0.2, -0.15) is 5.10 Å². The van der Waals surface area contributed by atoms with Crippen LogP contribution < -0.4 is 0 Å². The third-order valence-corrected chi connectivity index (χ3v) is 5.20. The molecule has 0 bridgehead atoms. The van der Waals surface area contributed by atoms with Gasteiger partial charge in [-0.3, -0.25) is 9.48 Å². The largest absolute Gasteiger partial charge is 0.329 e. The number of thiazole rings is 1. The number of likely N-dealkylation sites (tertiary alicyclic amines) is 1. The van der Waals surface area contributed by atoms with E-state index in [4.69, 9.17) is 0 Å². The van der Waals surface area contributed by atoms with Crippen molar-refractivity contribution in [1.82, 2.24) is 19.7 Å². The molecule has 122 valence electrons. The van der Waals surface area contributed by atoms with Crippen LogP contribution in [0, 0.1) is 0 Å². The van der Waals surface area contributed by atoms with Crippen molar-refractivity contribution in [2.75, 3.05) is 6.54 Å². The summed E-state index contributed by atoms with van der Waals surface area (Å²) in [6.45, 7) is 1.47. The predicted octanol–water partition coefficient (Wildman–Crippen LogP) is 3.37. The number of hydrogen-bond donors (Lipinski definition) is 0. The Morgan fingerprint density at radius 2 is 2.25 bits per heavy atom. The normalized spacial score (nSPS) is 17.3. The topological polar surface area (TPSA) is 51.0 Å². The first-order valence-electron chi connectivity index (χ1n) is 8.08. The van der Waals surface area contributed by atoms with E-state index in [9.17, 15) is 4.79 Å². The molecular formula is C18H18N4OS. The molecule has 3 heterocycles. The second-order valence-corrected chi connectivity index (χ2v) is 6.86. The molecule has 1 unspecified atom stereocenters. The fourth-order valence-electron chi connectivity index (χ4n) is 3.22. The molecule has 1 aromatic carbocycles. The Morgan fingerprint density at radius 1 is 1.29 bits per heavy atom. The number of amides is 1. The van der Waals surface area contributed by atoms with Gasteiger partial charge in [-0.05, 0) is 36.6 Å². The summed E-state index contributed by atoms with van der Waals surface area (Å²) in [5, 5.41) is 7.23. The second-order valence-electron chi connectivity index (χ2n) is 5.93. The maximum absolute atomic E-state index is 13.0. The van der Waals surface area contributed by atoms with Crippen molar-refractivity contribution in [1.29, 1.82) is 0 Å². The number of benzene rings is 1. The number of aromatic nitrogens is 3. The quantitative estimate of drug-likeness (QED) is 0.733. The van der Waals surface area contributed by atoms with Crippen molar-refractivity contribution in [3.8, 4) is 0 Å². The van der Waals surface area contributed by atoms with Crippen LogP contribution in [0.2, 0.25) is 0 Å². The number of carbonyl (C=O) groups excluding carboxylic acids is 1. The Labute approximate surface area is 144 Å². The zero-order valence-electron chi connectivity index (χ0n) is 13.2. The Balaban J connectivity index is 1.55. The van der Waals surface area contributed by atoms with Gasteiger partial charge in [0, 0.05) is 36.1 Å². The lowest BCUT2D eigenvalue weighted by Crippen LogP contribution is -2.30. The SMILES string of the molecule is O=C(c1cccc(Cn2cccn2)c1)N1CCCC1c1nccs1. The van der Waals surface area contributed by atoms with Gasteiger partial charge in [0.2, 0.25) is 0 Å². The molecule has 3 aromatic rings. The van der Waals surface area contributed by atoms with E-state index in [-0.39, 0.29) is 11.9 Å². The van der Waals surface area contributed by atoms with E-state index >= 15 is 0 Å². The maximum Gasteiger partial charge on any atom is 0.254 e. The molecule has 1 amide bonds. The van der Waals surface area contributed by atoms with E-state index in [1.54, 1.807) is 17.5 Å². The highest BCUT2D eigenvalue weighted by atomic mass is 32.1. The Bertz CT molecular complexity index is 813. The lowest BCUT2D eigenvalue weighted by molar-refractivity contribution is 0.0735. The predicted molar refractivity (Wildman–Crippen MR) is 92.9 cm³/mol. The van der Waals surface area contributed by atoms with Gasteiger partial charge in [-0.1, -0.05) is 12.1 Å². The Hall–Kier alpha value is -2.47. The summed E-state index contributed by atoms with van der Waals surface area (Å²) in [7, 11) is 0. The molecule has 0 N–H and O–H groups in total. The van der Waals surface area contributed by atoms with Crippen LogP contribution in [-0.2, 0) is 6.54 Å². The first kappa shape index (κ1) is 15.1. The molecule has 4 rings (SSSR count). The standard InChI is InChI=1S/C18H18N4OS/c23-18(22-10-2-6-16(22)17-19-8-11-24-17)15-5-1-4-14(12-15)13-21-9-3-7-20-21/h1,3-5,7-9,11-12,16H,2,6,10,13H2. The molecule has 0 spiro atoms. The number of hydrogen-bond acceptors (Lipinski definition) is 4. The van der Waals surface area contributed by atoms with Crippen molar-refractivity contribution < 1.29 is 4.79 Å². The van der Waals surface area contributed by atoms with Crippen molar-refractivity contribution in [3.05, 3.63) is 70.4 Å². The van der Waals surface area contributed by atoms with Gasteiger partial charge in [0.05, 0.1) is 12.6 Å². The Morgan fingerprint density at radius 3 is 3.04 bits per heavy atom. The average Bonchev–Trinajstić information content (AvgIpc) is 3.35. The molecule has 0 aliphatic carbocycles. The molecule has 1 saturated heterocycles. The molecular weight excluding hydrogens is 320 g/mol. The van der Waals surface area contributed by atoms with Gasteiger partial charge in [-0.15, -0.1) is 11.3 Å². The molecule has 6 heteroatoms. The third kappa shape index (κ3) is 2.97. The van der Waals surface area contributed by atoms with Gasteiger partial charge in [0.25, 0.3) is 5.91 Å². The summed E-state index contributed by atoms with van der Waals surface area (Å²) in [4.78, 5) is 19.4. The van der Waals surface area contributed by atoms with E-state index in [1.807, 2.05) is 57.7 Å². The van der Waals surface area contributed by atoms with E-state index < -0.39 is 0 Å². The number of nitrogens with zero attached hydrogens (tertiary/aromatic N) is 4. The summed E-state index contributed by atoms with van der Waals surface area (Å²) < 4.78 is 1.86. The zero-order valence-corrected chi connectivity index (χ0v) is 14.0. The van der Waals surface area contributed by atoms with E-state index in [1.165, 1.54) is 0 Å². The van der Waals surface area contributed by atoms with Crippen LogP contribution in [0.4, 0.5) is 0 Å². The van der Waals surface area contributed by atoms with Crippen molar-refractivity contribution in [3.63, 3.8) is 0 Å². The maximum atomic E-state index is 13.0. The first-order chi connectivity index (χ1) is 11.8. The van der Waals surface area contributed by atoms with Gasteiger partial charge in [-0.25, -0.2) is 4.98 Å². The molecule has 0 radical (unpaired) electrons. The monoisotopic (exact) mass is 338 g/mol. The van der Waals surface area contributed by atoms with Crippen LogP contribution in [0.5, 0.6) is 0 Å². The summed E-state index contributed by atoms with van der Waals surface area (Å²) in [6.07, 6.45) is 7.52. The van der Waals surface area contributed by atoms with Crippen LogP contribution in [0.1, 0.15) is 39.8 Å². The average molecular weight is 338 g/mol. The lowest BCUT2D eigenvalue weighted by Gasteiger charge is -2.23. The van der Waals surface area contributed by atoms with Gasteiger partial charge < -0.3 is 4.90 Å². The molecule has 2 aromatic heterocycles. The van der Waals surface area contributed by atoms with Crippen LogP contribution in [0.25, 0.3) is 0 Å². The highest BCUT2D eigenvalue weighted by Crippen LogP contribution is 2.34. The first-order valence-corrected chi connectivity index (χ1v) is 8.96. The number of rotatable bonds is 4. The summed E-state index contributed by atoms with van der Waals surface area (Å²) in [5.74, 6) is 0.0926. The highest BCUT2D eigenvalue weighted by molar-refractivity contribution is 7.09. The molecule has 1 aliphatic rings. The summed E-state index contributed by atoms with van der Waals surface area (Å²) >= 11 is 1.63. The van der Waals surface area contributed by atoms with Crippen LogP contribution in [0.15, 0.2) is 54.3 Å². The van der Waals surface area contributed by atoms with Crippen molar-refractivity contribution in [2.45, 2.75) is 25.4 Å². The molecule has 1 fully saturated rings. The lowest BCUT2D eigenvalue weighted by atomic mass is 10.1. The van der Waals surface area contributed by atoms with Crippen LogP contribution in [-0.4, -0.2) is 32.1 Å². The van der Waals surface area contributed by atoms with Crippen molar-refractivity contribution >= 4 is 17.2 Å². The highest BCUT2D eigenvalue weighted by Gasteiger charge is 2.32. The van der Waals surface area contributed by atoms with Gasteiger partial charge in [0.1, 0.15) is 5.01 Å². The van der Waals surface area contributed by atoms with E-state index in [2.05, 4.69) is 10.1 Å². The minimum absolute atomic E-state index is 0.0926. The van der Waals surface area contributed by atoms with E-state index in [0.29, 0.717) is 6.54 Å². The minimum Gasteiger partial charge on any atom is -0.329 e. The molecule has 1 atom stereocenters.